The van der Waals surface area contributed by atoms with Gasteiger partial charge in [-0.3, -0.25) is 4.11 Å². The number of nitrogens with zero attached hydrogens (tertiary/aromatic N) is 1. The molecule has 0 N–H and O–H groups in total. The Morgan fingerprint density at radius 1 is 0.950 bits per heavy atom. The Bertz CT molecular complexity index is 442. The van der Waals surface area contributed by atoms with Gasteiger partial charge in [-0.05, 0) is 26.0 Å². The molecule has 0 spiro atoms. The van der Waals surface area contributed by atoms with Gasteiger partial charge in [-0.25, -0.2) is 4.34 Å². The van der Waals surface area contributed by atoms with Crippen molar-refractivity contribution in [2.45, 2.75) is 52.1 Å². The lowest BCUT2D eigenvalue weighted by molar-refractivity contribution is 0.309. The lowest BCUT2D eigenvalue weighted by atomic mass is 10.1. The van der Waals surface area contributed by atoms with E-state index in [0.717, 1.165) is 4.34 Å². The first-order valence-corrected chi connectivity index (χ1v) is 9.49. The fraction of sp³-hybridized carbons (Fsp3) is 0.571. The molecular weight excluding hydrogens is 298 g/mol. The first kappa shape index (κ1) is 17.7. The van der Waals surface area contributed by atoms with Gasteiger partial charge >= 0.3 is 17.3 Å². The average molecular weight is 321 g/mol. The van der Waals surface area contributed by atoms with Gasteiger partial charge in [0.1, 0.15) is 0 Å². The Morgan fingerprint density at radius 2 is 1.40 bits per heavy atom. The van der Waals surface area contributed by atoms with E-state index in [2.05, 4.69) is 0 Å². The van der Waals surface area contributed by atoms with E-state index in [1.165, 1.54) is 0 Å². The molecule has 1 rings (SSSR count). The predicted molar refractivity (Wildman–Crippen MR) is 83.4 cm³/mol. The number of halogens is 3. The summed E-state index contributed by atoms with van der Waals surface area (Å²) in [5, 5.41) is -0.439. The van der Waals surface area contributed by atoms with Crippen molar-refractivity contribution < 1.29 is 12.5 Å². The lowest BCUT2D eigenvalue weighted by Gasteiger charge is -2.48. The molecule has 114 valence electrons. The SMILES string of the molecule is CC(C)(C)N(P(F)F)[Si](F)(c1ccccc1)C(C)(C)C. The largest absolute Gasteiger partial charge is 0.366 e. The van der Waals surface area contributed by atoms with E-state index in [-0.39, 0.29) is 0 Å². The first-order valence-electron chi connectivity index (χ1n) is 6.58. The smallest absolute Gasteiger partial charge is 0.285 e. The molecule has 0 amide bonds. The molecule has 1 aromatic rings. The third kappa shape index (κ3) is 3.26. The fourth-order valence-corrected chi connectivity index (χ4v) is 8.16. The highest BCUT2D eigenvalue weighted by Gasteiger charge is 2.60. The summed E-state index contributed by atoms with van der Waals surface area (Å²) in [7, 11) is -7.55. The number of hydrogen-bond donors (Lipinski definition) is 0. The van der Waals surface area contributed by atoms with Gasteiger partial charge in [-0.2, -0.15) is 8.39 Å². The summed E-state index contributed by atoms with van der Waals surface area (Å²) in [5.74, 6) is 0. The average Bonchev–Trinajstić information content (AvgIpc) is 2.26. The van der Waals surface area contributed by atoms with Gasteiger partial charge in [0.15, 0.2) is 0 Å². The molecule has 0 aromatic heterocycles. The van der Waals surface area contributed by atoms with E-state index >= 15 is 4.11 Å². The molecule has 0 saturated carbocycles. The summed E-state index contributed by atoms with van der Waals surface area (Å²) < 4.78 is 44.3. The zero-order valence-electron chi connectivity index (χ0n) is 12.9. The summed E-state index contributed by atoms with van der Waals surface area (Å²) in [4.78, 5) is 0. The van der Waals surface area contributed by atoms with Crippen LogP contribution in [0.4, 0.5) is 12.5 Å². The molecule has 20 heavy (non-hydrogen) atoms. The molecule has 1 nitrogen and oxygen atoms in total. The van der Waals surface area contributed by atoms with Crippen LogP contribution in [-0.2, 0) is 0 Å². The number of benzene rings is 1. The zero-order valence-corrected chi connectivity index (χ0v) is 14.8. The van der Waals surface area contributed by atoms with Crippen molar-refractivity contribution in [2.24, 2.45) is 0 Å². The van der Waals surface area contributed by atoms with Gasteiger partial charge in [-0.1, -0.05) is 51.1 Å². The third-order valence-corrected chi connectivity index (χ3v) is 9.75. The summed E-state index contributed by atoms with van der Waals surface area (Å²) in [6.07, 6.45) is 0. The van der Waals surface area contributed by atoms with Crippen LogP contribution in [0.25, 0.3) is 0 Å². The maximum atomic E-state index is 16.0. The van der Waals surface area contributed by atoms with Crippen LogP contribution in [0.3, 0.4) is 0 Å². The topological polar surface area (TPSA) is 3.24 Å². The van der Waals surface area contributed by atoms with Gasteiger partial charge in [-0.15, -0.1) is 0 Å². The molecule has 0 bridgehead atoms. The molecule has 0 aliphatic rings. The highest BCUT2D eigenvalue weighted by Crippen LogP contribution is 2.56. The maximum Gasteiger partial charge on any atom is 0.366 e. The van der Waals surface area contributed by atoms with Crippen molar-refractivity contribution in [3.63, 3.8) is 0 Å². The van der Waals surface area contributed by atoms with E-state index in [4.69, 9.17) is 0 Å². The van der Waals surface area contributed by atoms with Crippen LogP contribution in [-0.4, -0.2) is 18.4 Å². The quantitative estimate of drug-likeness (QED) is 0.411. The van der Waals surface area contributed by atoms with Gasteiger partial charge in [0.05, 0.1) is 0 Å². The second kappa shape index (κ2) is 5.78. The van der Waals surface area contributed by atoms with E-state index < -0.39 is 27.8 Å². The van der Waals surface area contributed by atoms with Crippen LogP contribution in [0, 0.1) is 0 Å². The molecule has 6 heteroatoms. The zero-order chi connectivity index (χ0) is 15.8. The van der Waals surface area contributed by atoms with Gasteiger partial charge < -0.3 is 0 Å². The Kier molecular flexibility index (Phi) is 5.11. The molecule has 0 fully saturated rings. The molecule has 0 radical (unpaired) electrons. The minimum atomic E-state index is -4.04. The Hall–Kier alpha value is -0.383. The van der Waals surface area contributed by atoms with Gasteiger partial charge in [0.2, 0.25) is 0 Å². The first-order chi connectivity index (χ1) is 8.92. The summed E-state index contributed by atoms with van der Waals surface area (Å²) >= 11 is 0. The number of hydrogen-bond acceptors (Lipinski definition) is 1. The van der Waals surface area contributed by atoms with E-state index in [0.29, 0.717) is 5.19 Å². The van der Waals surface area contributed by atoms with Crippen molar-refractivity contribution >= 4 is 22.4 Å². The van der Waals surface area contributed by atoms with Gasteiger partial charge in [0.25, 0.3) is 0 Å². The Morgan fingerprint density at radius 3 is 1.70 bits per heavy atom. The van der Waals surface area contributed by atoms with Crippen molar-refractivity contribution in [3.05, 3.63) is 30.3 Å². The summed E-state index contributed by atoms with van der Waals surface area (Å²) in [6.45, 7) is 10.1. The van der Waals surface area contributed by atoms with Crippen molar-refractivity contribution in [1.29, 1.82) is 0 Å². The normalized spacial score (nSPS) is 16.6. The predicted octanol–water partition coefficient (Wildman–Crippen LogP) is 5.37. The molecule has 0 heterocycles. The third-order valence-electron chi connectivity index (χ3n) is 3.23. The second-order valence-corrected chi connectivity index (χ2v) is 11.9. The maximum absolute atomic E-state index is 16.0. The van der Waals surface area contributed by atoms with E-state index in [1.54, 1.807) is 71.9 Å². The van der Waals surface area contributed by atoms with Crippen LogP contribution >= 0.6 is 8.69 Å². The minimum absolute atomic E-state index is 0.408. The van der Waals surface area contributed by atoms with Gasteiger partial charge in [0, 0.05) is 10.6 Å². The van der Waals surface area contributed by atoms with Crippen molar-refractivity contribution in [3.8, 4) is 0 Å². The van der Waals surface area contributed by atoms with Crippen LogP contribution in [0.5, 0.6) is 0 Å². The van der Waals surface area contributed by atoms with E-state index in [9.17, 15) is 8.39 Å². The van der Waals surface area contributed by atoms with Crippen LogP contribution in [0.1, 0.15) is 41.5 Å². The minimum Gasteiger partial charge on any atom is -0.285 e. The highest BCUT2D eigenvalue weighted by atomic mass is 31.2. The second-order valence-electron chi connectivity index (χ2n) is 6.94. The Balaban J connectivity index is 3.54. The fourth-order valence-electron chi connectivity index (χ4n) is 2.33. The molecule has 0 aliphatic heterocycles. The molecule has 0 saturated heterocycles. The molecule has 0 aliphatic carbocycles. The van der Waals surface area contributed by atoms with Crippen LogP contribution < -0.4 is 5.19 Å². The molecule has 1 atom stereocenters. The summed E-state index contributed by atoms with van der Waals surface area (Å²) in [5.41, 5.74) is -0.917. The summed E-state index contributed by atoms with van der Waals surface area (Å²) in [6, 6.07) is 8.46. The Labute approximate surface area is 122 Å². The van der Waals surface area contributed by atoms with E-state index in [1.807, 2.05) is 0 Å². The van der Waals surface area contributed by atoms with Crippen molar-refractivity contribution in [1.82, 2.24) is 4.34 Å². The van der Waals surface area contributed by atoms with Crippen molar-refractivity contribution in [2.75, 3.05) is 0 Å². The lowest BCUT2D eigenvalue weighted by Crippen LogP contribution is -2.66. The highest BCUT2D eigenvalue weighted by molar-refractivity contribution is 7.47. The molecule has 1 unspecified atom stereocenters. The monoisotopic (exact) mass is 321 g/mol. The molecule has 1 aromatic carbocycles. The van der Waals surface area contributed by atoms with Crippen LogP contribution in [0.2, 0.25) is 5.04 Å². The number of rotatable bonds is 3. The van der Waals surface area contributed by atoms with Crippen LogP contribution in [0.15, 0.2) is 30.3 Å². The molecular formula is C14H23F3NPSi. The standard InChI is InChI=1S/C14H23F3NPSi/c1-13(2,3)18(19(15)16)20(17,14(4,5)6)12-10-8-7-9-11-12/h7-11H,1-6H3.